The SMILES string of the molecule is COc1cccc2cc(-c3csc(NC(=O)c4ccc(S(=O)(=O)N5CCCC(C)C5)cc4)n3)oc12. The van der Waals surface area contributed by atoms with E-state index in [-0.39, 0.29) is 10.8 Å². The first-order valence-electron chi connectivity index (χ1n) is 11.3. The zero-order valence-corrected chi connectivity index (χ0v) is 21.0. The number of sulfonamides is 1. The predicted octanol–water partition coefficient (Wildman–Crippen LogP) is 5.24. The quantitative estimate of drug-likeness (QED) is 0.380. The summed E-state index contributed by atoms with van der Waals surface area (Å²) in [7, 11) is -1.98. The van der Waals surface area contributed by atoms with Gasteiger partial charge in [-0.05, 0) is 55.2 Å². The van der Waals surface area contributed by atoms with Crippen LogP contribution >= 0.6 is 11.3 Å². The Kier molecular flexibility index (Phi) is 6.35. The Morgan fingerprint density at radius 2 is 2.03 bits per heavy atom. The van der Waals surface area contributed by atoms with Crippen molar-refractivity contribution in [2.75, 3.05) is 25.5 Å². The lowest BCUT2D eigenvalue weighted by atomic mass is 10.0. The molecular weight excluding hydrogens is 486 g/mol. The molecule has 0 radical (unpaired) electrons. The average molecular weight is 512 g/mol. The third-order valence-corrected chi connectivity index (χ3v) is 8.72. The second kappa shape index (κ2) is 9.44. The minimum absolute atomic E-state index is 0.194. The number of carbonyl (C=O) groups excluding carboxylic acids is 1. The van der Waals surface area contributed by atoms with Crippen LogP contribution < -0.4 is 10.1 Å². The van der Waals surface area contributed by atoms with Gasteiger partial charge in [-0.2, -0.15) is 4.31 Å². The van der Waals surface area contributed by atoms with Gasteiger partial charge in [0.25, 0.3) is 5.91 Å². The van der Waals surface area contributed by atoms with Gasteiger partial charge in [0.15, 0.2) is 22.2 Å². The molecule has 10 heteroatoms. The number of nitrogens with one attached hydrogen (secondary N) is 1. The van der Waals surface area contributed by atoms with Crippen molar-refractivity contribution in [2.45, 2.75) is 24.7 Å². The van der Waals surface area contributed by atoms with E-state index in [1.54, 1.807) is 12.5 Å². The number of piperidine rings is 1. The fraction of sp³-hybridized carbons (Fsp3) is 0.280. The molecule has 0 bridgehead atoms. The topological polar surface area (TPSA) is 102 Å². The number of rotatable bonds is 6. The molecule has 0 aliphatic carbocycles. The summed E-state index contributed by atoms with van der Waals surface area (Å²) >= 11 is 1.28. The van der Waals surface area contributed by atoms with E-state index in [4.69, 9.17) is 9.15 Å². The summed E-state index contributed by atoms with van der Waals surface area (Å²) in [6.07, 6.45) is 1.90. The maximum Gasteiger partial charge on any atom is 0.257 e. The number of nitrogens with zero attached hydrogens (tertiary/aromatic N) is 2. The van der Waals surface area contributed by atoms with Crippen LogP contribution in [0.4, 0.5) is 5.13 Å². The fourth-order valence-corrected chi connectivity index (χ4v) is 6.52. The number of anilines is 1. The third-order valence-electron chi connectivity index (χ3n) is 6.08. The summed E-state index contributed by atoms with van der Waals surface area (Å²) in [4.78, 5) is 17.4. The van der Waals surface area contributed by atoms with Gasteiger partial charge in [-0.25, -0.2) is 13.4 Å². The smallest absolute Gasteiger partial charge is 0.257 e. The average Bonchev–Trinajstić information content (AvgIpc) is 3.51. The van der Waals surface area contributed by atoms with Gasteiger partial charge in [-0.15, -0.1) is 11.3 Å². The molecule has 1 atom stereocenters. The second-order valence-electron chi connectivity index (χ2n) is 8.62. The Morgan fingerprint density at radius 1 is 1.23 bits per heavy atom. The number of benzene rings is 2. The number of hydrogen-bond acceptors (Lipinski definition) is 7. The number of hydrogen-bond donors (Lipinski definition) is 1. The number of carbonyl (C=O) groups is 1. The molecule has 1 fully saturated rings. The van der Waals surface area contributed by atoms with Crippen molar-refractivity contribution in [1.82, 2.24) is 9.29 Å². The number of fused-ring (bicyclic) bond motifs is 1. The van der Waals surface area contributed by atoms with Crippen LogP contribution in [-0.4, -0.2) is 43.8 Å². The molecule has 1 amide bonds. The van der Waals surface area contributed by atoms with Crippen molar-refractivity contribution >= 4 is 43.4 Å². The van der Waals surface area contributed by atoms with Crippen LogP contribution in [0.5, 0.6) is 5.75 Å². The Hall–Kier alpha value is -3.21. The Balaban J connectivity index is 1.29. The van der Waals surface area contributed by atoms with E-state index in [9.17, 15) is 13.2 Å². The van der Waals surface area contributed by atoms with Gasteiger partial charge in [0, 0.05) is 29.4 Å². The van der Waals surface area contributed by atoms with Gasteiger partial charge in [0.05, 0.1) is 12.0 Å². The number of amides is 1. The van der Waals surface area contributed by atoms with E-state index < -0.39 is 10.0 Å². The largest absolute Gasteiger partial charge is 0.493 e. The highest BCUT2D eigenvalue weighted by Gasteiger charge is 2.28. The van der Waals surface area contributed by atoms with Crippen molar-refractivity contribution < 1.29 is 22.4 Å². The normalized spacial score (nSPS) is 16.9. The first-order valence-corrected chi connectivity index (χ1v) is 13.6. The van der Waals surface area contributed by atoms with Crippen LogP contribution in [0.3, 0.4) is 0 Å². The Bertz CT molecular complexity index is 1470. The summed E-state index contributed by atoms with van der Waals surface area (Å²) in [6.45, 7) is 3.11. The lowest BCUT2D eigenvalue weighted by Crippen LogP contribution is -2.39. The van der Waals surface area contributed by atoms with Crippen LogP contribution in [0, 0.1) is 5.92 Å². The number of furan rings is 1. The Morgan fingerprint density at radius 3 is 2.77 bits per heavy atom. The number of aromatic nitrogens is 1. The van der Waals surface area contributed by atoms with Crippen molar-refractivity contribution in [3.63, 3.8) is 0 Å². The molecule has 4 aromatic rings. The first kappa shape index (κ1) is 23.5. The zero-order chi connectivity index (χ0) is 24.6. The molecule has 182 valence electrons. The van der Waals surface area contributed by atoms with Crippen molar-refractivity contribution in [1.29, 1.82) is 0 Å². The molecular formula is C25H25N3O5S2. The minimum Gasteiger partial charge on any atom is -0.493 e. The van der Waals surface area contributed by atoms with Gasteiger partial charge in [0.2, 0.25) is 10.0 Å². The van der Waals surface area contributed by atoms with Gasteiger partial charge >= 0.3 is 0 Å². The van der Waals surface area contributed by atoms with Gasteiger partial charge < -0.3 is 9.15 Å². The molecule has 35 heavy (non-hydrogen) atoms. The molecule has 5 rings (SSSR count). The third kappa shape index (κ3) is 4.69. The first-order chi connectivity index (χ1) is 16.8. The predicted molar refractivity (Wildman–Crippen MR) is 135 cm³/mol. The highest BCUT2D eigenvalue weighted by molar-refractivity contribution is 7.89. The van der Waals surface area contributed by atoms with Crippen LogP contribution in [0.1, 0.15) is 30.1 Å². The van der Waals surface area contributed by atoms with Crippen molar-refractivity contribution in [2.24, 2.45) is 5.92 Å². The van der Waals surface area contributed by atoms with Crippen molar-refractivity contribution in [3.8, 4) is 17.2 Å². The number of ether oxygens (including phenoxy) is 1. The molecule has 1 aliphatic heterocycles. The maximum atomic E-state index is 12.9. The molecule has 1 aliphatic rings. The molecule has 8 nitrogen and oxygen atoms in total. The van der Waals surface area contributed by atoms with Crippen molar-refractivity contribution in [3.05, 3.63) is 59.5 Å². The summed E-state index contributed by atoms with van der Waals surface area (Å²) in [5, 5.41) is 5.88. The molecule has 1 unspecified atom stereocenters. The van der Waals surface area contributed by atoms with Gasteiger partial charge in [0.1, 0.15) is 5.69 Å². The van der Waals surface area contributed by atoms with E-state index >= 15 is 0 Å². The van der Waals surface area contributed by atoms with E-state index in [0.717, 1.165) is 18.2 Å². The molecule has 1 saturated heterocycles. The second-order valence-corrected chi connectivity index (χ2v) is 11.4. The molecule has 0 saturated carbocycles. The lowest BCUT2D eigenvalue weighted by molar-refractivity contribution is 0.102. The maximum absolute atomic E-state index is 12.9. The van der Waals surface area contributed by atoms with E-state index in [0.29, 0.717) is 52.5 Å². The van der Waals surface area contributed by atoms with Crippen LogP contribution in [0.15, 0.2) is 63.2 Å². The fourth-order valence-electron chi connectivity index (χ4n) is 4.23. The zero-order valence-electron chi connectivity index (χ0n) is 19.4. The van der Waals surface area contributed by atoms with E-state index in [2.05, 4.69) is 17.2 Å². The van der Waals surface area contributed by atoms with E-state index in [1.807, 2.05) is 24.3 Å². The van der Waals surface area contributed by atoms with Crippen LogP contribution in [0.2, 0.25) is 0 Å². The Labute approximate surface area is 207 Å². The summed E-state index contributed by atoms with van der Waals surface area (Å²) < 4.78 is 38.7. The number of para-hydroxylation sites is 1. The van der Waals surface area contributed by atoms with E-state index in [1.165, 1.54) is 39.9 Å². The summed E-state index contributed by atoms with van der Waals surface area (Å²) in [6, 6.07) is 13.5. The summed E-state index contributed by atoms with van der Waals surface area (Å²) in [5.41, 5.74) is 1.58. The minimum atomic E-state index is -3.57. The highest BCUT2D eigenvalue weighted by atomic mass is 32.2. The monoisotopic (exact) mass is 511 g/mol. The molecule has 1 N–H and O–H groups in total. The van der Waals surface area contributed by atoms with Gasteiger partial charge in [-0.1, -0.05) is 19.1 Å². The molecule has 0 spiro atoms. The summed E-state index contributed by atoms with van der Waals surface area (Å²) in [5.74, 6) is 1.18. The number of methoxy groups -OCH3 is 1. The van der Waals surface area contributed by atoms with Crippen LogP contribution in [-0.2, 0) is 10.0 Å². The van der Waals surface area contributed by atoms with Crippen LogP contribution in [0.25, 0.3) is 22.4 Å². The molecule has 2 aromatic carbocycles. The lowest BCUT2D eigenvalue weighted by Gasteiger charge is -2.30. The standard InChI is InChI=1S/C25H25N3O5S2/c1-16-5-4-12-28(14-16)35(30,31)19-10-8-17(9-11-19)24(29)27-25-26-20(15-34-25)22-13-18-6-3-7-21(32-2)23(18)33-22/h3,6-11,13,15-16H,4-5,12,14H2,1-2H3,(H,26,27,29). The molecule has 3 heterocycles. The molecule has 2 aromatic heterocycles. The van der Waals surface area contributed by atoms with Gasteiger partial charge in [-0.3, -0.25) is 10.1 Å². The highest BCUT2D eigenvalue weighted by Crippen LogP contribution is 2.34. The number of thiazole rings is 1.